The predicted octanol–water partition coefficient (Wildman–Crippen LogP) is 2.97. The molecular weight excluding hydrogens is 297 g/mol. The largest absolute Gasteiger partial charge is 0.416 e. The molecule has 1 aromatic rings. The zero-order valence-electron chi connectivity index (χ0n) is 10.8. The van der Waals surface area contributed by atoms with Crippen molar-refractivity contribution in [2.24, 2.45) is 0 Å². The van der Waals surface area contributed by atoms with Crippen LogP contribution >= 0.6 is 11.6 Å². The van der Waals surface area contributed by atoms with E-state index in [1.165, 1.54) is 0 Å². The third-order valence-corrected chi connectivity index (χ3v) is 3.41. The molecule has 0 aromatic carbocycles. The molecule has 1 aromatic heterocycles. The summed E-state index contributed by atoms with van der Waals surface area (Å²) in [5.41, 5.74) is -1.38. The van der Waals surface area contributed by atoms with Crippen LogP contribution in [0, 0.1) is 0 Å². The van der Waals surface area contributed by atoms with Crippen molar-refractivity contribution in [3.8, 4) is 0 Å². The fourth-order valence-electron chi connectivity index (χ4n) is 1.96. The van der Waals surface area contributed by atoms with Gasteiger partial charge < -0.3 is 14.8 Å². The summed E-state index contributed by atoms with van der Waals surface area (Å²) >= 11 is 5.61. The molecule has 8 heteroatoms. The van der Waals surface area contributed by atoms with E-state index >= 15 is 0 Å². The minimum absolute atomic E-state index is 0.0631. The van der Waals surface area contributed by atoms with Gasteiger partial charge in [-0.1, -0.05) is 11.6 Å². The third-order valence-electron chi connectivity index (χ3n) is 3.21. The smallest absolute Gasteiger partial charge is 0.378 e. The molecule has 0 radical (unpaired) electrons. The zero-order valence-corrected chi connectivity index (χ0v) is 11.5. The molecule has 1 unspecified atom stereocenters. The number of nitrogens with one attached hydrogen (secondary N) is 1. The number of nitrogens with zero attached hydrogens (tertiary/aromatic N) is 1. The van der Waals surface area contributed by atoms with Crippen LogP contribution < -0.4 is 5.32 Å². The van der Waals surface area contributed by atoms with Crippen LogP contribution in [0.2, 0.25) is 5.15 Å². The number of pyridine rings is 1. The summed E-state index contributed by atoms with van der Waals surface area (Å²) < 4.78 is 48.6. The van der Waals surface area contributed by atoms with E-state index in [-0.39, 0.29) is 11.0 Å². The monoisotopic (exact) mass is 310 g/mol. The first kappa shape index (κ1) is 15.3. The minimum Gasteiger partial charge on any atom is -0.378 e. The number of rotatable bonds is 4. The molecule has 1 aliphatic heterocycles. The standard InChI is InChI=1S/C12H14ClF3N2O2/c1-19-11(2-3-20-7-11)6-17-10-5-8(12(14,15)16)4-9(13)18-10/h4-5H,2-3,6-7H2,1H3,(H,17,18). The fraction of sp³-hybridized carbons (Fsp3) is 0.583. The number of hydrogen-bond donors (Lipinski definition) is 1. The fourth-order valence-corrected chi connectivity index (χ4v) is 2.17. The number of anilines is 1. The maximum Gasteiger partial charge on any atom is 0.416 e. The number of hydrogen-bond acceptors (Lipinski definition) is 4. The Balaban J connectivity index is 2.11. The van der Waals surface area contributed by atoms with Gasteiger partial charge in [0.25, 0.3) is 0 Å². The predicted molar refractivity (Wildman–Crippen MR) is 67.9 cm³/mol. The quantitative estimate of drug-likeness (QED) is 0.868. The van der Waals surface area contributed by atoms with Crippen LogP contribution in [0.3, 0.4) is 0 Å². The van der Waals surface area contributed by atoms with Crippen LogP contribution in [0.4, 0.5) is 19.0 Å². The van der Waals surface area contributed by atoms with Crippen LogP contribution in [-0.4, -0.2) is 37.5 Å². The highest BCUT2D eigenvalue weighted by Crippen LogP contribution is 2.32. The van der Waals surface area contributed by atoms with Gasteiger partial charge in [-0.15, -0.1) is 0 Å². The second kappa shape index (κ2) is 5.75. The van der Waals surface area contributed by atoms with Gasteiger partial charge in [0, 0.05) is 26.7 Å². The maximum atomic E-state index is 12.7. The van der Waals surface area contributed by atoms with E-state index in [0.717, 1.165) is 12.1 Å². The summed E-state index contributed by atoms with van der Waals surface area (Å²) in [4.78, 5) is 3.83. The lowest BCUT2D eigenvalue weighted by molar-refractivity contribution is -0.137. The summed E-state index contributed by atoms with van der Waals surface area (Å²) in [7, 11) is 1.54. The molecule has 0 bridgehead atoms. The van der Waals surface area contributed by atoms with Crippen LogP contribution in [0.1, 0.15) is 12.0 Å². The lowest BCUT2D eigenvalue weighted by atomic mass is 10.0. The molecule has 20 heavy (non-hydrogen) atoms. The summed E-state index contributed by atoms with van der Waals surface area (Å²) in [6.07, 6.45) is -3.79. The van der Waals surface area contributed by atoms with Gasteiger partial charge in [-0.2, -0.15) is 13.2 Å². The van der Waals surface area contributed by atoms with Crippen molar-refractivity contribution in [2.45, 2.75) is 18.2 Å². The average Bonchev–Trinajstić information content (AvgIpc) is 2.84. The lowest BCUT2D eigenvalue weighted by Crippen LogP contribution is -2.39. The molecule has 2 rings (SSSR count). The highest BCUT2D eigenvalue weighted by Gasteiger charge is 2.35. The first-order chi connectivity index (χ1) is 9.35. The molecule has 1 fully saturated rings. The van der Waals surface area contributed by atoms with Gasteiger partial charge in [0.1, 0.15) is 16.6 Å². The first-order valence-electron chi connectivity index (χ1n) is 5.96. The highest BCUT2D eigenvalue weighted by molar-refractivity contribution is 6.29. The summed E-state index contributed by atoms with van der Waals surface area (Å²) in [6.45, 7) is 1.25. The molecule has 0 saturated carbocycles. The molecule has 1 atom stereocenters. The Hall–Kier alpha value is -1.05. The van der Waals surface area contributed by atoms with Gasteiger partial charge in [0.05, 0.1) is 12.2 Å². The van der Waals surface area contributed by atoms with Gasteiger partial charge in [0.2, 0.25) is 0 Å². The number of halogens is 4. The number of alkyl halides is 3. The van der Waals surface area contributed by atoms with E-state index in [2.05, 4.69) is 10.3 Å². The Labute approximate surface area is 119 Å². The molecule has 1 N–H and O–H groups in total. The van der Waals surface area contributed by atoms with Crippen molar-refractivity contribution in [1.82, 2.24) is 4.98 Å². The zero-order chi connectivity index (χ0) is 14.8. The molecule has 4 nitrogen and oxygen atoms in total. The summed E-state index contributed by atoms with van der Waals surface area (Å²) in [5.74, 6) is 0.0631. The number of methoxy groups -OCH3 is 1. The van der Waals surface area contributed by atoms with E-state index in [1.807, 2.05) is 0 Å². The molecule has 1 saturated heterocycles. The Morgan fingerprint density at radius 1 is 1.50 bits per heavy atom. The van der Waals surface area contributed by atoms with Crippen molar-refractivity contribution in [2.75, 3.05) is 32.2 Å². The second-order valence-corrected chi connectivity index (χ2v) is 4.99. The Morgan fingerprint density at radius 2 is 2.25 bits per heavy atom. The number of aromatic nitrogens is 1. The minimum atomic E-state index is -4.46. The topological polar surface area (TPSA) is 43.4 Å². The van der Waals surface area contributed by atoms with Gasteiger partial charge in [-0.05, 0) is 12.1 Å². The van der Waals surface area contributed by atoms with Crippen molar-refractivity contribution in [3.63, 3.8) is 0 Å². The normalized spacial score (nSPS) is 23.1. The first-order valence-corrected chi connectivity index (χ1v) is 6.34. The van der Waals surface area contributed by atoms with Crippen LogP contribution in [0.15, 0.2) is 12.1 Å². The molecule has 0 amide bonds. The Morgan fingerprint density at radius 3 is 2.80 bits per heavy atom. The van der Waals surface area contributed by atoms with Crippen molar-refractivity contribution >= 4 is 17.4 Å². The van der Waals surface area contributed by atoms with Crippen molar-refractivity contribution in [1.29, 1.82) is 0 Å². The molecule has 0 spiro atoms. The van der Waals surface area contributed by atoms with Crippen LogP contribution in [0.25, 0.3) is 0 Å². The average molecular weight is 311 g/mol. The Kier molecular flexibility index (Phi) is 4.41. The summed E-state index contributed by atoms with van der Waals surface area (Å²) in [6, 6.07) is 1.71. The van der Waals surface area contributed by atoms with Gasteiger partial charge >= 0.3 is 6.18 Å². The Bertz CT molecular complexity index is 476. The van der Waals surface area contributed by atoms with Crippen LogP contribution in [-0.2, 0) is 15.7 Å². The van der Waals surface area contributed by atoms with Gasteiger partial charge in [0.15, 0.2) is 0 Å². The molecule has 2 heterocycles. The highest BCUT2D eigenvalue weighted by atomic mass is 35.5. The molecule has 0 aliphatic carbocycles. The van der Waals surface area contributed by atoms with E-state index in [1.54, 1.807) is 7.11 Å². The van der Waals surface area contributed by atoms with Crippen LogP contribution in [0.5, 0.6) is 0 Å². The third kappa shape index (κ3) is 3.53. The molecular formula is C12H14ClF3N2O2. The van der Waals surface area contributed by atoms with E-state index in [0.29, 0.717) is 26.2 Å². The lowest BCUT2D eigenvalue weighted by Gasteiger charge is -2.26. The van der Waals surface area contributed by atoms with E-state index in [9.17, 15) is 13.2 Å². The maximum absolute atomic E-state index is 12.7. The van der Waals surface area contributed by atoms with Gasteiger partial charge in [-0.3, -0.25) is 0 Å². The second-order valence-electron chi connectivity index (χ2n) is 4.60. The van der Waals surface area contributed by atoms with Crippen molar-refractivity contribution in [3.05, 3.63) is 22.8 Å². The van der Waals surface area contributed by atoms with Gasteiger partial charge in [-0.25, -0.2) is 4.98 Å². The number of ether oxygens (including phenoxy) is 2. The van der Waals surface area contributed by atoms with Crippen molar-refractivity contribution < 1.29 is 22.6 Å². The molecule has 1 aliphatic rings. The summed E-state index contributed by atoms with van der Waals surface area (Å²) in [5, 5.41) is 2.62. The molecule has 112 valence electrons. The SMILES string of the molecule is COC1(CNc2cc(C(F)(F)F)cc(Cl)n2)CCOC1. The van der Waals surface area contributed by atoms with E-state index in [4.69, 9.17) is 21.1 Å². The van der Waals surface area contributed by atoms with E-state index < -0.39 is 17.3 Å².